The van der Waals surface area contributed by atoms with Gasteiger partial charge in [-0.3, -0.25) is 5.32 Å². The lowest BCUT2D eigenvalue weighted by Crippen LogP contribution is -2.26. The number of carboxylic acids is 1. The summed E-state index contributed by atoms with van der Waals surface area (Å²) in [5.41, 5.74) is 1.89. The van der Waals surface area contributed by atoms with E-state index in [1.165, 1.54) is 11.3 Å². The Balaban J connectivity index is 1.72. The molecule has 0 radical (unpaired) electrons. The van der Waals surface area contributed by atoms with E-state index in [9.17, 15) is 14.7 Å². The van der Waals surface area contributed by atoms with Gasteiger partial charge >= 0.3 is 12.1 Å². The van der Waals surface area contributed by atoms with Crippen molar-refractivity contribution in [3.8, 4) is 0 Å². The van der Waals surface area contributed by atoms with Gasteiger partial charge in [-0.2, -0.15) is 0 Å². The van der Waals surface area contributed by atoms with Gasteiger partial charge in [0.15, 0.2) is 0 Å². The number of likely N-dealkylation sites (N-methyl/N-ethyl adjacent to an activating group) is 1. The minimum absolute atomic E-state index is 0.142. The molecule has 1 aliphatic rings. The lowest BCUT2D eigenvalue weighted by Gasteiger charge is -2.22. The van der Waals surface area contributed by atoms with Gasteiger partial charge in [-0.05, 0) is 24.6 Å². The number of benzene rings is 1. The topological polar surface area (TPSA) is 78.9 Å². The van der Waals surface area contributed by atoms with E-state index < -0.39 is 12.1 Å². The molecule has 0 saturated carbocycles. The predicted molar refractivity (Wildman–Crippen MR) is 91.6 cm³/mol. The molecule has 24 heavy (non-hydrogen) atoms. The Labute approximate surface area is 143 Å². The first kappa shape index (κ1) is 16.5. The van der Waals surface area contributed by atoms with Crippen molar-refractivity contribution in [2.24, 2.45) is 0 Å². The molecule has 0 bridgehead atoms. The summed E-state index contributed by atoms with van der Waals surface area (Å²) < 4.78 is 5.17. The van der Waals surface area contributed by atoms with Crippen molar-refractivity contribution in [3.05, 3.63) is 51.9 Å². The number of amides is 1. The summed E-state index contributed by atoms with van der Waals surface area (Å²) in [6.07, 6.45) is 0.0263. The zero-order valence-electron chi connectivity index (χ0n) is 13.2. The van der Waals surface area contributed by atoms with Crippen LogP contribution in [0.4, 0.5) is 9.80 Å². The molecule has 1 amide bonds. The number of thiophene rings is 1. The van der Waals surface area contributed by atoms with Crippen LogP contribution in [0.5, 0.6) is 0 Å². The Morgan fingerprint density at radius 1 is 1.33 bits per heavy atom. The molecular formula is C17H18N2O4S. The van der Waals surface area contributed by atoms with Crippen LogP contribution in [0.3, 0.4) is 0 Å². The van der Waals surface area contributed by atoms with Crippen molar-refractivity contribution in [1.82, 2.24) is 4.90 Å². The fourth-order valence-corrected chi connectivity index (χ4v) is 4.00. The molecule has 0 aliphatic carbocycles. The average molecular weight is 346 g/mol. The number of carbonyl (C=O) groups excluding carboxylic acids is 1. The maximum Gasteiger partial charge on any atom is 0.412 e. The van der Waals surface area contributed by atoms with E-state index in [1.54, 1.807) is 0 Å². The summed E-state index contributed by atoms with van der Waals surface area (Å²) in [6.45, 7) is 1.64. The molecule has 2 aromatic rings. The highest BCUT2D eigenvalue weighted by molar-refractivity contribution is 7.17. The van der Waals surface area contributed by atoms with Crippen molar-refractivity contribution < 1.29 is 19.4 Å². The third kappa shape index (κ3) is 3.58. The lowest BCUT2D eigenvalue weighted by atomic mass is 10.0. The molecule has 2 N–H and O–H groups in total. The van der Waals surface area contributed by atoms with Crippen molar-refractivity contribution in [1.29, 1.82) is 0 Å². The Hall–Kier alpha value is -2.38. The van der Waals surface area contributed by atoms with Gasteiger partial charge in [-0.1, -0.05) is 30.3 Å². The number of carbonyl (C=O) groups is 2. The molecular weight excluding hydrogens is 328 g/mol. The first-order valence-corrected chi connectivity index (χ1v) is 8.40. The molecule has 7 heteroatoms. The fourth-order valence-electron chi connectivity index (χ4n) is 2.70. The van der Waals surface area contributed by atoms with Gasteiger partial charge in [0, 0.05) is 18.0 Å². The molecule has 6 nitrogen and oxygen atoms in total. The van der Waals surface area contributed by atoms with E-state index >= 15 is 0 Å². The highest BCUT2D eigenvalue weighted by atomic mass is 32.1. The number of aromatic carboxylic acids is 1. The molecule has 1 aromatic heterocycles. The molecule has 1 aromatic carbocycles. The monoisotopic (exact) mass is 346 g/mol. The first-order chi connectivity index (χ1) is 11.5. The third-order valence-electron chi connectivity index (χ3n) is 3.89. The Morgan fingerprint density at radius 3 is 2.79 bits per heavy atom. The van der Waals surface area contributed by atoms with Gasteiger partial charge in [0.25, 0.3) is 0 Å². The van der Waals surface area contributed by atoms with E-state index in [0.29, 0.717) is 18.0 Å². The molecule has 0 saturated heterocycles. The standard InChI is InChI=1S/C17H18N2O4S/c1-19-8-7-12-13(9-19)24-15(14(12)16(20)21)18-17(22)23-10-11-5-3-2-4-6-11/h2-6H,7-10H2,1H3,(H,18,22)(H,20,21). The van der Waals surface area contributed by atoms with Crippen LogP contribution in [0.1, 0.15) is 26.4 Å². The normalized spacial score (nSPS) is 14.0. The van der Waals surface area contributed by atoms with Crippen LogP contribution < -0.4 is 5.32 Å². The number of fused-ring (bicyclic) bond motifs is 1. The number of hydrogen-bond acceptors (Lipinski definition) is 5. The van der Waals surface area contributed by atoms with Crippen LogP contribution in [0.15, 0.2) is 30.3 Å². The maximum atomic E-state index is 12.0. The number of ether oxygens (including phenoxy) is 1. The summed E-state index contributed by atoms with van der Waals surface area (Å²) in [7, 11) is 1.99. The summed E-state index contributed by atoms with van der Waals surface area (Å²) in [6, 6.07) is 9.33. The van der Waals surface area contributed by atoms with Gasteiger partial charge in [-0.25, -0.2) is 9.59 Å². The van der Waals surface area contributed by atoms with Gasteiger partial charge in [0.1, 0.15) is 11.6 Å². The number of nitrogens with one attached hydrogen (secondary N) is 1. The van der Waals surface area contributed by atoms with Crippen LogP contribution >= 0.6 is 11.3 Å². The van der Waals surface area contributed by atoms with Gasteiger partial charge in [0.2, 0.25) is 0 Å². The predicted octanol–water partition coefficient (Wildman–Crippen LogP) is 3.18. The SMILES string of the molecule is CN1CCc2c(sc(NC(=O)OCc3ccccc3)c2C(=O)O)C1. The molecule has 0 atom stereocenters. The second-order valence-electron chi connectivity index (χ2n) is 5.69. The smallest absolute Gasteiger partial charge is 0.412 e. The Morgan fingerprint density at radius 2 is 2.08 bits per heavy atom. The molecule has 126 valence electrons. The van der Waals surface area contributed by atoms with Crippen molar-refractivity contribution in [3.63, 3.8) is 0 Å². The van der Waals surface area contributed by atoms with Crippen molar-refractivity contribution in [2.45, 2.75) is 19.6 Å². The highest BCUT2D eigenvalue weighted by Crippen LogP contribution is 2.36. The second-order valence-corrected chi connectivity index (χ2v) is 6.79. The Bertz CT molecular complexity index is 757. The minimum Gasteiger partial charge on any atom is -0.478 e. The van der Waals surface area contributed by atoms with E-state index in [-0.39, 0.29) is 12.2 Å². The third-order valence-corrected chi connectivity index (χ3v) is 5.02. The Kier molecular flexibility index (Phi) is 4.82. The molecule has 3 rings (SSSR count). The van der Waals surface area contributed by atoms with Crippen LogP contribution in [0.25, 0.3) is 0 Å². The highest BCUT2D eigenvalue weighted by Gasteiger charge is 2.27. The zero-order valence-corrected chi connectivity index (χ0v) is 14.1. The number of anilines is 1. The van der Waals surface area contributed by atoms with E-state index in [0.717, 1.165) is 22.5 Å². The molecule has 2 heterocycles. The van der Waals surface area contributed by atoms with Crippen molar-refractivity contribution >= 4 is 28.4 Å². The summed E-state index contributed by atoms with van der Waals surface area (Å²) in [5.74, 6) is -1.02. The van der Waals surface area contributed by atoms with Gasteiger partial charge in [0.05, 0.1) is 5.56 Å². The number of nitrogens with zero attached hydrogens (tertiary/aromatic N) is 1. The summed E-state index contributed by atoms with van der Waals surface area (Å²) in [5, 5.41) is 12.4. The fraction of sp³-hybridized carbons (Fsp3) is 0.294. The minimum atomic E-state index is -1.02. The van der Waals surface area contributed by atoms with Gasteiger partial charge < -0.3 is 14.7 Å². The van der Waals surface area contributed by atoms with E-state index in [1.807, 2.05) is 37.4 Å². The van der Waals surface area contributed by atoms with Crippen LogP contribution in [-0.4, -0.2) is 35.7 Å². The number of carboxylic acid groups (broad SMARTS) is 1. The quantitative estimate of drug-likeness (QED) is 0.889. The van der Waals surface area contributed by atoms with Crippen LogP contribution in [-0.2, 0) is 24.3 Å². The maximum absolute atomic E-state index is 12.0. The summed E-state index contributed by atoms with van der Waals surface area (Å²) >= 11 is 1.31. The average Bonchev–Trinajstić information content (AvgIpc) is 2.90. The molecule has 0 fully saturated rings. The summed E-state index contributed by atoms with van der Waals surface area (Å²) in [4.78, 5) is 26.7. The van der Waals surface area contributed by atoms with E-state index in [2.05, 4.69) is 10.2 Å². The lowest BCUT2D eigenvalue weighted by molar-refractivity contribution is 0.0696. The number of hydrogen-bond donors (Lipinski definition) is 2. The number of rotatable bonds is 4. The zero-order chi connectivity index (χ0) is 17.1. The van der Waals surface area contributed by atoms with Crippen LogP contribution in [0, 0.1) is 0 Å². The molecule has 0 spiro atoms. The first-order valence-electron chi connectivity index (χ1n) is 7.58. The molecule has 1 aliphatic heterocycles. The molecule has 0 unspecified atom stereocenters. The largest absolute Gasteiger partial charge is 0.478 e. The second kappa shape index (κ2) is 7.02. The van der Waals surface area contributed by atoms with Crippen molar-refractivity contribution in [2.75, 3.05) is 18.9 Å². The van der Waals surface area contributed by atoms with Gasteiger partial charge in [-0.15, -0.1) is 11.3 Å². The van der Waals surface area contributed by atoms with Crippen LogP contribution in [0.2, 0.25) is 0 Å². The van der Waals surface area contributed by atoms with E-state index in [4.69, 9.17) is 4.74 Å².